The molecule has 6 nitrogen and oxygen atoms in total. The Morgan fingerprint density at radius 2 is 1.86 bits per heavy atom. The molecular weight excluding hydrogens is 374 g/mol. The van der Waals surface area contributed by atoms with Crippen LogP contribution in [0.3, 0.4) is 0 Å². The molecule has 7 heteroatoms. The van der Waals surface area contributed by atoms with Crippen LogP contribution in [0.25, 0.3) is 11.0 Å². The Morgan fingerprint density at radius 1 is 1.07 bits per heavy atom. The lowest BCUT2D eigenvalue weighted by atomic mass is 10.3. The van der Waals surface area contributed by atoms with Gasteiger partial charge in [0, 0.05) is 16.8 Å². The molecule has 3 aromatic heterocycles. The first-order chi connectivity index (χ1) is 13.5. The van der Waals surface area contributed by atoms with Crippen molar-refractivity contribution in [3.8, 4) is 0 Å². The lowest BCUT2D eigenvalue weighted by Crippen LogP contribution is -2.35. The minimum absolute atomic E-state index is 0.00868. The molecule has 0 saturated carbocycles. The van der Waals surface area contributed by atoms with Gasteiger partial charge >= 0.3 is 5.69 Å². The number of hydrogen-bond acceptors (Lipinski definition) is 4. The third kappa shape index (κ3) is 3.53. The van der Waals surface area contributed by atoms with E-state index in [0.29, 0.717) is 18.8 Å². The van der Waals surface area contributed by atoms with Crippen molar-refractivity contribution in [1.29, 1.82) is 0 Å². The first-order valence-corrected chi connectivity index (χ1v) is 9.84. The third-order valence-electron chi connectivity index (χ3n) is 4.77. The summed E-state index contributed by atoms with van der Waals surface area (Å²) in [4.78, 5) is 29.9. The molecule has 0 aliphatic carbocycles. The number of carbonyl (C=O) groups is 1. The quantitative estimate of drug-likeness (QED) is 0.502. The van der Waals surface area contributed by atoms with Crippen molar-refractivity contribution in [3.05, 3.63) is 80.8 Å². The Morgan fingerprint density at radius 3 is 2.54 bits per heavy atom. The second kappa shape index (κ2) is 7.52. The smallest absolute Gasteiger partial charge is 0.329 e. The third-order valence-corrected chi connectivity index (χ3v) is 5.75. The van der Waals surface area contributed by atoms with Gasteiger partial charge in [0.2, 0.25) is 5.91 Å². The first-order valence-electron chi connectivity index (χ1n) is 9.02. The number of nitrogens with zero attached hydrogens (tertiary/aromatic N) is 3. The fraction of sp³-hybridized carbons (Fsp3) is 0.238. The van der Waals surface area contributed by atoms with E-state index in [1.54, 1.807) is 34.1 Å². The number of aromatic nitrogens is 2. The Kier molecular flexibility index (Phi) is 4.92. The minimum atomic E-state index is -0.195. The molecule has 0 unspecified atom stereocenters. The van der Waals surface area contributed by atoms with Gasteiger partial charge in [-0.05, 0) is 43.3 Å². The summed E-state index contributed by atoms with van der Waals surface area (Å²) in [6.07, 6.45) is 1.60. The first kappa shape index (κ1) is 18.3. The summed E-state index contributed by atoms with van der Waals surface area (Å²) >= 11 is 1.67. The number of para-hydroxylation sites is 2. The topological polar surface area (TPSA) is 60.4 Å². The zero-order chi connectivity index (χ0) is 19.7. The summed E-state index contributed by atoms with van der Waals surface area (Å²) in [5.41, 5.74) is 1.37. The van der Waals surface area contributed by atoms with Crippen molar-refractivity contribution in [2.75, 3.05) is 0 Å². The SMILES string of the molecule is Cc1ccc(CN(Cc2ccco2)C(=O)Cn2c(=O)n(C)c3ccccc32)s1. The monoisotopic (exact) mass is 395 g/mol. The molecule has 4 aromatic rings. The standard InChI is InChI=1S/C21H21N3O3S/c1-15-9-10-17(28-15)13-23(12-16-6-5-11-27-16)20(25)14-24-19-8-4-3-7-18(19)22(2)21(24)26/h3-11H,12-14H2,1-2H3. The molecule has 0 aliphatic heterocycles. The molecule has 144 valence electrons. The molecule has 0 aliphatic rings. The van der Waals surface area contributed by atoms with Gasteiger partial charge in [0.25, 0.3) is 0 Å². The van der Waals surface area contributed by atoms with Gasteiger partial charge in [-0.3, -0.25) is 13.9 Å². The molecule has 1 aromatic carbocycles. The van der Waals surface area contributed by atoms with Gasteiger partial charge in [-0.25, -0.2) is 4.79 Å². The molecule has 0 N–H and O–H groups in total. The van der Waals surface area contributed by atoms with E-state index in [-0.39, 0.29) is 18.1 Å². The summed E-state index contributed by atoms with van der Waals surface area (Å²) in [6.45, 7) is 2.88. The number of thiophene rings is 1. The maximum atomic E-state index is 13.2. The molecule has 0 radical (unpaired) electrons. The normalized spacial score (nSPS) is 11.2. The molecule has 0 saturated heterocycles. The lowest BCUT2D eigenvalue weighted by molar-refractivity contribution is -0.133. The van der Waals surface area contributed by atoms with Crippen LogP contribution in [0.4, 0.5) is 0 Å². The fourth-order valence-electron chi connectivity index (χ4n) is 3.33. The van der Waals surface area contributed by atoms with Gasteiger partial charge < -0.3 is 9.32 Å². The fourth-order valence-corrected chi connectivity index (χ4v) is 4.24. The van der Waals surface area contributed by atoms with E-state index in [4.69, 9.17) is 4.42 Å². The van der Waals surface area contributed by atoms with E-state index >= 15 is 0 Å². The average molecular weight is 395 g/mol. The van der Waals surface area contributed by atoms with Crippen LogP contribution < -0.4 is 5.69 Å². The van der Waals surface area contributed by atoms with Crippen LogP contribution in [0.1, 0.15) is 15.5 Å². The number of amides is 1. The highest BCUT2D eigenvalue weighted by molar-refractivity contribution is 7.11. The van der Waals surface area contributed by atoms with Gasteiger partial charge in [-0.1, -0.05) is 12.1 Å². The number of benzene rings is 1. The van der Waals surface area contributed by atoms with E-state index < -0.39 is 0 Å². The van der Waals surface area contributed by atoms with Gasteiger partial charge in [0.15, 0.2) is 0 Å². The molecular formula is C21H21N3O3S. The number of carbonyl (C=O) groups excluding carboxylic acids is 1. The van der Waals surface area contributed by atoms with Crippen LogP contribution in [-0.4, -0.2) is 19.9 Å². The van der Waals surface area contributed by atoms with Gasteiger partial charge in [-0.15, -0.1) is 11.3 Å². The number of rotatable bonds is 6. The molecule has 4 rings (SSSR count). The molecule has 28 heavy (non-hydrogen) atoms. The van der Waals surface area contributed by atoms with E-state index in [1.165, 1.54) is 9.44 Å². The maximum Gasteiger partial charge on any atom is 0.329 e. The van der Waals surface area contributed by atoms with Gasteiger partial charge in [0.05, 0.1) is 30.4 Å². The highest BCUT2D eigenvalue weighted by Crippen LogP contribution is 2.19. The molecule has 0 spiro atoms. The Bertz CT molecular complexity index is 1170. The van der Waals surface area contributed by atoms with E-state index in [1.807, 2.05) is 55.5 Å². The number of furan rings is 1. The average Bonchev–Trinajstić information content (AvgIpc) is 3.40. The van der Waals surface area contributed by atoms with Crippen molar-refractivity contribution in [3.63, 3.8) is 0 Å². The van der Waals surface area contributed by atoms with Crippen molar-refractivity contribution in [2.24, 2.45) is 7.05 Å². The van der Waals surface area contributed by atoms with Crippen molar-refractivity contribution < 1.29 is 9.21 Å². The van der Waals surface area contributed by atoms with Crippen molar-refractivity contribution >= 4 is 28.3 Å². The molecule has 3 heterocycles. The van der Waals surface area contributed by atoms with Gasteiger partial charge in [0.1, 0.15) is 12.3 Å². The number of imidazole rings is 1. The molecule has 0 atom stereocenters. The predicted octanol–water partition coefficient (Wildman–Crippen LogP) is 3.53. The summed E-state index contributed by atoms with van der Waals surface area (Å²) in [5, 5.41) is 0. The minimum Gasteiger partial charge on any atom is -0.467 e. The van der Waals surface area contributed by atoms with E-state index in [9.17, 15) is 9.59 Å². The number of hydrogen-bond donors (Lipinski definition) is 0. The van der Waals surface area contributed by atoms with Crippen LogP contribution in [-0.2, 0) is 31.5 Å². The zero-order valence-corrected chi connectivity index (χ0v) is 16.6. The molecule has 0 bridgehead atoms. The van der Waals surface area contributed by atoms with Crippen LogP contribution in [0.15, 0.2) is 64.0 Å². The van der Waals surface area contributed by atoms with Crippen molar-refractivity contribution in [2.45, 2.75) is 26.6 Å². The molecule has 1 amide bonds. The maximum absolute atomic E-state index is 13.2. The Balaban J connectivity index is 1.64. The second-order valence-corrected chi connectivity index (χ2v) is 8.13. The van der Waals surface area contributed by atoms with E-state index in [2.05, 4.69) is 0 Å². The van der Waals surface area contributed by atoms with Crippen LogP contribution in [0, 0.1) is 6.92 Å². The highest BCUT2D eigenvalue weighted by atomic mass is 32.1. The zero-order valence-electron chi connectivity index (χ0n) is 15.8. The van der Waals surface area contributed by atoms with E-state index in [0.717, 1.165) is 15.9 Å². The summed E-state index contributed by atoms with van der Waals surface area (Å²) in [5.74, 6) is 0.591. The van der Waals surface area contributed by atoms with Crippen LogP contribution >= 0.6 is 11.3 Å². The van der Waals surface area contributed by atoms with Crippen LogP contribution in [0.2, 0.25) is 0 Å². The number of aryl methyl sites for hydroxylation is 2. The Hall–Kier alpha value is -3.06. The summed E-state index contributed by atoms with van der Waals surface area (Å²) in [6, 6.07) is 15.2. The van der Waals surface area contributed by atoms with Crippen LogP contribution in [0.5, 0.6) is 0 Å². The van der Waals surface area contributed by atoms with Gasteiger partial charge in [-0.2, -0.15) is 0 Å². The predicted molar refractivity (Wildman–Crippen MR) is 109 cm³/mol. The Labute approximate surface area is 166 Å². The summed E-state index contributed by atoms with van der Waals surface area (Å²) < 4.78 is 8.55. The summed E-state index contributed by atoms with van der Waals surface area (Å²) in [7, 11) is 1.72. The second-order valence-electron chi connectivity index (χ2n) is 6.76. The lowest BCUT2D eigenvalue weighted by Gasteiger charge is -2.21. The molecule has 0 fully saturated rings. The number of fused-ring (bicyclic) bond motifs is 1. The largest absolute Gasteiger partial charge is 0.467 e. The van der Waals surface area contributed by atoms with Crippen molar-refractivity contribution in [1.82, 2.24) is 14.0 Å². The highest BCUT2D eigenvalue weighted by Gasteiger charge is 2.20.